The molecule has 1 fully saturated rings. The van der Waals surface area contributed by atoms with Gasteiger partial charge in [-0.2, -0.15) is 23.3 Å². The van der Waals surface area contributed by atoms with Gasteiger partial charge in [-0.1, -0.05) is 16.8 Å². The van der Waals surface area contributed by atoms with E-state index in [-0.39, 0.29) is 0 Å². The highest BCUT2D eigenvalue weighted by molar-refractivity contribution is 6.33. The molecule has 230 valence electrons. The van der Waals surface area contributed by atoms with E-state index in [0.717, 1.165) is 35.6 Å². The fourth-order valence-electron chi connectivity index (χ4n) is 4.13. The number of aromatic nitrogens is 8. The maximum absolute atomic E-state index is 10.6. The normalized spacial score (nSPS) is 13.4. The Morgan fingerprint density at radius 2 is 1.80 bits per heavy atom. The minimum Gasteiger partial charge on any atom is -0.475 e. The molecule has 2 N–H and O–H groups in total. The quantitative estimate of drug-likeness (QED) is 0.273. The second kappa shape index (κ2) is 12.7. The van der Waals surface area contributed by atoms with Crippen LogP contribution in [0.1, 0.15) is 5.76 Å². The zero-order valence-corrected chi connectivity index (χ0v) is 23.9. The number of benzene rings is 1. The zero-order valence-electron chi connectivity index (χ0n) is 23.2. The molecule has 0 spiro atoms. The van der Waals surface area contributed by atoms with Crippen LogP contribution in [0.5, 0.6) is 0 Å². The van der Waals surface area contributed by atoms with Gasteiger partial charge in [-0.3, -0.25) is 4.68 Å². The Morgan fingerprint density at radius 3 is 2.43 bits per heavy atom. The average molecular weight is 633 g/mol. The van der Waals surface area contributed by atoms with Crippen molar-refractivity contribution in [1.82, 2.24) is 39.7 Å². The van der Waals surface area contributed by atoms with Gasteiger partial charge in [0.05, 0.1) is 41.9 Å². The van der Waals surface area contributed by atoms with Gasteiger partial charge in [0.1, 0.15) is 23.5 Å². The summed E-state index contributed by atoms with van der Waals surface area (Å²) in [6.07, 6.45) is 1.80. The molecule has 0 saturated carbocycles. The molecule has 0 bridgehead atoms. The van der Waals surface area contributed by atoms with Crippen LogP contribution in [0.2, 0.25) is 5.02 Å². The first-order valence-electron chi connectivity index (χ1n) is 12.9. The van der Waals surface area contributed by atoms with E-state index in [1.165, 1.54) is 0 Å². The van der Waals surface area contributed by atoms with Crippen molar-refractivity contribution in [3.63, 3.8) is 0 Å². The molecule has 1 saturated heterocycles. The minimum absolute atomic E-state index is 0.363. The van der Waals surface area contributed by atoms with Crippen molar-refractivity contribution in [3.05, 3.63) is 60.0 Å². The first-order chi connectivity index (χ1) is 21.0. The van der Waals surface area contributed by atoms with Gasteiger partial charge in [-0.05, 0) is 31.2 Å². The predicted octanol–water partition coefficient (Wildman–Crippen LogP) is 4.29. The molecular formula is C26H24ClF3N10O4. The summed E-state index contributed by atoms with van der Waals surface area (Å²) >= 11 is 6.47. The van der Waals surface area contributed by atoms with E-state index in [1.54, 1.807) is 28.1 Å². The Kier molecular flexibility index (Phi) is 8.77. The lowest BCUT2D eigenvalue weighted by Gasteiger charge is -2.25. The largest absolute Gasteiger partial charge is 0.490 e. The molecule has 5 heterocycles. The van der Waals surface area contributed by atoms with Crippen molar-refractivity contribution in [3.8, 4) is 28.2 Å². The third-order valence-corrected chi connectivity index (χ3v) is 6.51. The number of hydrogen-bond donors (Lipinski definition) is 2. The lowest BCUT2D eigenvalue weighted by Crippen LogP contribution is -2.37. The molecule has 44 heavy (non-hydrogen) atoms. The van der Waals surface area contributed by atoms with E-state index >= 15 is 0 Å². The van der Waals surface area contributed by atoms with Crippen molar-refractivity contribution < 1.29 is 32.3 Å². The summed E-state index contributed by atoms with van der Waals surface area (Å²) in [6.45, 7) is 4.78. The van der Waals surface area contributed by atoms with Crippen LogP contribution in [-0.2, 0) is 16.6 Å². The Bertz CT molecular complexity index is 1750. The Hall–Kier alpha value is -5.03. The smallest absolute Gasteiger partial charge is 0.475 e. The number of anilines is 3. The van der Waals surface area contributed by atoms with E-state index in [0.29, 0.717) is 47.3 Å². The number of carboxylic acids is 1. The molecule has 18 heteroatoms. The Morgan fingerprint density at radius 1 is 1.09 bits per heavy atom. The highest BCUT2D eigenvalue weighted by atomic mass is 35.5. The first-order valence-corrected chi connectivity index (χ1v) is 13.3. The van der Waals surface area contributed by atoms with Crippen molar-refractivity contribution >= 4 is 35.2 Å². The number of ether oxygens (including phenoxy) is 1. The Labute approximate surface area is 252 Å². The molecule has 4 aromatic heterocycles. The highest BCUT2D eigenvalue weighted by Crippen LogP contribution is 2.36. The summed E-state index contributed by atoms with van der Waals surface area (Å²) in [6, 6.07) is 7.73. The lowest BCUT2D eigenvalue weighted by atomic mass is 10.1. The Balaban J connectivity index is 0.000000493. The van der Waals surface area contributed by atoms with Crippen molar-refractivity contribution in [2.75, 3.05) is 36.5 Å². The number of rotatable bonds is 6. The summed E-state index contributed by atoms with van der Waals surface area (Å²) in [7, 11) is 1.85. The van der Waals surface area contributed by atoms with Crippen molar-refractivity contribution in [1.29, 1.82) is 0 Å². The number of nitrogens with one attached hydrogen (secondary N) is 1. The summed E-state index contributed by atoms with van der Waals surface area (Å²) in [5, 5.41) is 23.8. The van der Waals surface area contributed by atoms with Crippen LogP contribution in [0, 0.1) is 6.92 Å². The zero-order chi connectivity index (χ0) is 31.4. The summed E-state index contributed by atoms with van der Waals surface area (Å²) in [5.41, 5.74) is 4.32. The van der Waals surface area contributed by atoms with Crippen LogP contribution >= 0.6 is 11.6 Å². The minimum atomic E-state index is -5.08. The second-order valence-electron chi connectivity index (χ2n) is 9.32. The molecule has 0 atom stereocenters. The lowest BCUT2D eigenvalue weighted by molar-refractivity contribution is -0.192. The van der Waals surface area contributed by atoms with Gasteiger partial charge in [0.25, 0.3) is 0 Å². The second-order valence-corrected chi connectivity index (χ2v) is 9.73. The molecule has 1 aliphatic rings. The van der Waals surface area contributed by atoms with E-state index in [1.807, 2.05) is 44.4 Å². The van der Waals surface area contributed by atoms with Gasteiger partial charge in [0.15, 0.2) is 0 Å². The van der Waals surface area contributed by atoms with Crippen LogP contribution in [0.15, 0.2) is 53.7 Å². The highest BCUT2D eigenvalue weighted by Gasteiger charge is 2.38. The number of alkyl halides is 3. The molecule has 1 aliphatic heterocycles. The predicted molar refractivity (Wildman–Crippen MR) is 151 cm³/mol. The number of hydrogen-bond acceptors (Lipinski definition) is 11. The molecule has 6 rings (SSSR count). The van der Waals surface area contributed by atoms with Gasteiger partial charge in [0, 0.05) is 37.6 Å². The van der Waals surface area contributed by atoms with Crippen LogP contribution in [0.25, 0.3) is 28.2 Å². The molecular weight excluding hydrogens is 609 g/mol. The maximum Gasteiger partial charge on any atom is 0.490 e. The van der Waals surface area contributed by atoms with E-state index in [9.17, 15) is 13.2 Å². The molecule has 0 unspecified atom stereocenters. The number of nitrogens with zero attached hydrogens (tertiary/aromatic N) is 9. The first kappa shape index (κ1) is 30.4. The molecule has 0 aliphatic carbocycles. The fourth-order valence-corrected chi connectivity index (χ4v) is 4.31. The van der Waals surface area contributed by atoms with E-state index in [4.69, 9.17) is 30.8 Å². The third kappa shape index (κ3) is 6.95. The van der Waals surface area contributed by atoms with Crippen molar-refractivity contribution in [2.24, 2.45) is 7.05 Å². The standard InChI is InChI=1S/C24H23ClN10O2.C2HF3O2/c1-15-20(16-11-28-33(2)13-16)22(32-37-15)21-19(25)12-26-23(30-21)29-17-3-5-18(6-4-17)35-14-27-24(31-35)34-7-9-36-10-8-34;3-2(4,5)1(6)7/h3-6,11-14H,7-10H2,1-2H3,(H,26,29,30);(H,6,7). The molecule has 0 amide bonds. The summed E-state index contributed by atoms with van der Waals surface area (Å²) in [5.74, 6) is -1.04. The number of aryl methyl sites for hydroxylation is 2. The van der Waals surface area contributed by atoms with Crippen LogP contribution in [0.4, 0.5) is 30.8 Å². The number of carboxylic acid groups (broad SMARTS) is 1. The number of morpholine rings is 1. The van der Waals surface area contributed by atoms with Gasteiger partial charge in [-0.25, -0.2) is 19.4 Å². The number of halogens is 4. The third-order valence-electron chi connectivity index (χ3n) is 6.23. The topological polar surface area (TPSA) is 162 Å². The monoisotopic (exact) mass is 632 g/mol. The van der Waals surface area contributed by atoms with Crippen molar-refractivity contribution in [2.45, 2.75) is 13.1 Å². The van der Waals surface area contributed by atoms with E-state index in [2.05, 4.69) is 40.5 Å². The molecule has 5 aromatic rings. The van der Waals surface area contributed by atoms with Crippen LogP contribution < -0.4 is 10.2 Å². The van der Waals surface area contributed by atoms with E-state index < -0.39 is 12.1 Å². The van der Waals surface area contributed by atoms with Gasteiger partial charge < -0.3 is 24.6 Å². The maximum atomic E-state index is 10.6. The number of aliphatic carboxylic acids is 1. The van der Waals surface area contributed by atoms with Gasteiger partial charge in [0.2, 0.25) is 11.9 Å². The van der Waals surface area contributed by atoms with Crippen LogP contribution in [-0.4, -0.2) is 83.2 Å². The van der Waals surface area contributed by atoms with Crippen LogP contribution in [0.3, 0.4) is 0 Å². The number of carbonyl (C=O) groups is 1. The summed E-state index contributed by atoms with van der Waals surface area (Å²) < 4.78 is 46.1. The SMILES string of the molecule is Cc1onc(-c2nc(Nc3ccc(-n4cnc(N5CCOCC5)n4)cc3)ncc2Cl)c1-c1cnn(C)c1.O=C(O)C(F)(F)F. The average Bonchev–Trinajstić information content (AvgIpc) is 3.75. The fraction of sp³-hybridized carbons (Fsp3) is 0.269. The molecule has 1 aromatic carbocycles. The van der Waals surface area contributed by atoms with Gasteiger partial charge in [-0.15, -0.1) is 5.10 Å². The molecule has 0 radical (unpaired) electrons. The molecule has 14 nitrogen and oxygen atoms in total. The van der Waals surface area contributed by atoms with Gasteiger partial charge >= 0.3 is 12.1 Å². The summed E-state index contributed by atoms with van der Waals surface area (Å²) in [4.78, 5) is 24.4.